The molecule has 0 aliphatic carbocycles. The Morgan fingerprint density at radius 3 is 2.89 bits per heavy atom. The van der Waals surface area contributed by atoms with Crippen LogP contribution in [0.3, 0.4) is 0 Å². The number of Topliss-reactive ketones (excluding diaryl/α,β-unsaturated/α-hetero) is 1. The molecule has 1 aromatic carbocycles. The van der Waals surface area contributed by atoms with Gasteiger partial charge in [-0.2, -0.15) is 0 Å². The van der Waals surface area contributed by atoms with Gasteiger partial charge in [0.2, 0.25) is 5.78 Å². The zero-order chi connectivity index (χ0) is 18.8. The monoisotopic (exact) mass is 366 g/mol. The van der Waals surface area contributed by atoms with E-state index in [1.807, 2.05) is 25.1 Å². The van der Waals surface area contributed by atoms with Crippen LogP contribution in [0, 0.1) is 6.92 Å². The molecular formula is C21H22N2O4. The van der Waals surface area contributed by atoms with Crippen molar-refractivity contribution in [2.75, 3.05) is 27.0 Å². The van der Waals surface area contributed by atoms with Crippen LogP contribution in [0.25, 0.3) is 6.08 Å². The van der Waals surface area contributed by atoms with Gasteiger partial charge >= 0.3 is 0 Å². The second kappa shape index (κ2) is 7.50. The molecule has 0 bridgehead atoms. The van der Waals surface area contributed by atoms with Crippen molar-refractivity contribution in [1.29, 1.82) is 0 Å². The molecule has 0 amide bonds. The predicted molar refractivity (Wildman–Crippen MR) is 101 cm³/mol. The molecule has 0 saturated carbocycles. The summed E-state index contributed by atoms with van der Waals surface area (Å²) in [5, 5.41) is 0. The molecule has 27 heavy (non-hydrogen) atoms. The zero-order valence-corrected chi connectivity index (χ0v) is 15.5. The summed E-state index contributed by atoms with van der Waals surface area (Å²) in [5.41, 5.74) is 3.39. The lowest BCUT2D eigenvalue weighted by Gasteiger charge is -2.30. The number of hydrogen-bond donors (Lipinski definition) is 0. The van der Waals surface area contributed by atoms with Crippen molar-refractivity contribution < 1.29 is 19.0 Å². The lowest BCUT2D eigenvalue weighted by atomic mass is 10.00. The molecule has 0 atom stereocenters. The summed E-state index contributed by atoms with van der Waals surface area (Å²) in [6, 6.07) is 5.59. The van der Waals surface area contributed by atoms with E-state index in [9.17, 15) is 4.79 Å². The second-order valence-corrected chi connectivity index (χ2v) is 6.76. The molecule has 0 saturated heterocycles. The smallest absolute Gasteiger partial charge is 0.231 e. The second-order valence-electron chi connectivity index (χ2n) is 6.76. The van der Waals surface area contributed by atoms with Gasteiger partial charge in [-0.1, -0.05) is 0 Å². The summed E-state index contributed by atoms with van der Waals surface area (Å²) in [6.45, 7) is 4.85. The molecule has 2 aliphatic heterocycles. The number of ketones is 1. The van der Waals surface area contributed by atoms with E-state index in [4.69, 9.17) is 14.2 Å². The summed E-state index contributed by atoms with van der Waals surface area (Å²) >= 11 is 0. The minimum Gasteiger partial charge on any atom is -0.477 e. The molecule has 140 valence electrons. The maximum Gasteiger partial charge on any atom is 0.231 e. The van der Waals surface area contributed by atoms with Crippen LogP contribution in [0.15, 0.2) is 36.4 Å². The summed E-state index contributed by atoms with van der Waals surface area (Å²) < 4.78 is 17.0. The first-order valence-electron chi connectivity index (χ1n) is 9.02. The van der Waals surface area contributed by atoms with Crippen LogP contribution in [-0.4, -0.2) is 42.7 Å². The van der Waals surface area contributed by atoms with Crippen molar-refractivity contribution in [2.24, 2.45) is 0 Å². The Morgan fingerprint density at radius 1 is 1.30 bits per heavy atom. The normalized spacial score (nSPS) is 17.4. The number of carbonyl (C=O) groups is 1. The van der Waals surface area contributed by atoms with Crippen molar-refractivity contribution in [3.63, 3.8) is 0 Å². The number of pyridine rings is 1. The Hall–Kier alpha value is -2.70. The molecule has 1 aromatic heterocycles. The van der Waals surface area contributed by atoms with E-state index in [2.05, 4.69) is 9.88 Å². The van der Waals surface area contributed by atoms with Gasteiger partial charge in [0.05, 0.1) is 5.56 Å². The number of fused-ring (bicyclic) bond motifs is 2. The molecule has 6 heteroatoms. The van der Waals surface area contributed by atoms with Crippen LogP contribution in [0.1, 0.15) is 33.5 Å². The first kappa shape index (κ1) is 17.7. The standard InChI is InChI=1S/C21H22N2O4/c1-14-20-16(12-23(13-26-20)8-3-9-25-2)11-17-19(24)18(27-21(14)17)10-15-4-6-22-7-5-15/h4-7,10-11H,3,8-9,12-13H2,1-2H3/b18-10-. The van der Waals surface area contributed by atoms with Gasteiger partial charge in [-0.3, -0.25) is 14.7 Å². The number of allylic oxidation sites excluding steroid dienone is 1. The molecule has 3 heterocycles. The first-order chi connectivity index (χ1) is 13.2. The van der Waals surface area contributed by atoms with Crippen LogP contribution in [0.4, 0.5) is 0 Å². The van der Waals surface area contributed by atoms with Gasteiger partial charge in [0.25, 0.3) is 0 Å². The van der Waals surface area contributed by atoms with Crippen molar-refractivity contribution in [2.45, 2.75) is 19.9 Å². The molecular weight excluding hydrogens is 344 g/mol. The largest absolute Gasteiger partial charge is 0.477 e. The number of rotatable bonds is 5. The Kier molecular flexibility index (Phi) is 4.92. The summed E-state index contributed by atoms with van der Waals surface area (Å²) in [5.74, 6) is 1.67. The number of benzene rings is 1. The fourth-order valence-electron chi connectivity index (χ4n) is 3.48. The van der Waals surface area contributed by atoms with Gasteiger partial charge in [-0.25, -0.2) is 0 Å². The van der Waals surface area contributed by atoms with E-state index < -0.39 is 0 Å². The number of ether oxygens (including phenoxy) is 3. The van der Waals surface area contributed by atoms with Gasteiger partial charge in [-0.05, 0) is 43.2 Å². The maximum atomic E-state index is 12.9. The van der Waals surface area contributed by atoms with E-state index in [1.165, 1.54) is 0 Å². The SMILES string of the molecule is COCCCN1COc2c(cc3c(c2C)O/C(=C\c2ccncc2)C3=O)C1. The number of carbonyl (C=O) groups excluding carboxylic acids is 1. The third-order valence-electron chi connectivity index (χ3n) is 4.83. The van der Waals surface area contributed by atoms with Crippen LogP contribution in [0.2, 0.25) is 0 Å². The zero-order valence-electron chi connectivity index (χ0n) is 15.5. The lowest BCUT2D eigenvalue weighted by Crippen LogP contribution is -2.33. The van der Waals surface area contributed by atoms with E-state index in [-0.39, 0.29) is 5.78 Å². The predicted octanol–water partition coefficient (Wildman–Crippen LogP) is 3.19. The topological polar surface area (TPSA) is 60.9 Å². The number of aromatic nitrogens is 1. The number of nitrogens with zero attached hydrogens (tertiary/aromatic N) is 2. The Bertz CT molecular complexity index is 893. The minimum absolute atomic E-state index is 0.0933. The Morgan fingerprint density at radius 2 is 2.11 bits per heavy atom. The van der Waals surface area contributed by atoms with Gasteiger partial charge in [0, 0.05) is 50.3 Å². The summed E-state index contributed by atoms with van der Waals surface area (Å²) in [7, 11) is 1.71. The summed E-state index contributed by atoms with van der Waals surface area (Å²) in [6.07, 6.45) is 6.07. The third kappa shape index (κ3) is 3.46. The van der Waals surface area contributed by atoms with Gasteiger partial charge in [-0.15, -0.1) is 0 Å². The fourth-order valence-corrected chi connectivity index (χ4v) is 3.48. The first-order valence-corrected chi connectivity index (χ1v) is 9.02. The van der Waals surface area contributed by atoms with E-state index >= 15 is 0 Å². The average molecular weight is 366 g/mol. The molecule has 0 N–H and O–H groups in total. The van der Waals surface area contributed by atoms with Crippen LogP contribution in [-0.2, 0) is 11.3 Å². The Balaban J connectivity index is 1.60. The van der Waals surface area contributed by atoms with Crippen molar-refractivity contribution in [3.05, 3.63) is 58.6 Å². The highest BCUT2D eigenvalue weighted by Crippen LogP contribution is 2.43. The molecule has 0 unspecified atom stereocenters. The van der Waals surface area contributed by atoms with Crippen molar-refractivity contribution in [1.82, 2.24) is 9.88 Å². The molecule has 2 aliphatic rings. The maximum absolute atomic E-state index is 12.9. The highest BCUT2D eigenvalue weighted by atomic mass is 16.5. The highest BCUT2D eigenvalue weighted by molar-refractivity contribution is 6.15. The fraction of sp³-hybridized carbons (Fsp3) is 0.333. The summed E-state index contributed by atoms with van der Waals surface area (Å²) in [4.78, 5) is 19.1. The number of methoxy groups -OCH3 is 1. The van der Waals surface area contributed by atoms with Crippen molar-refractivity contribution in [3.8, 4) is 11.5 Å². The van der Waals surface area contributed by atoms with Crippen molar-refractivity contribution >= 4 is 11.9 Å². The van der Waals surface area contributed by atoms with Gasteiger partial charge in [0.15, 0.2) is 5.76 Å². The molecule has 0 spiro atoms. The molecule has 4 rings (SSSR count). The van der Waals surface area contributed by atoms with E-state index in [0.717, 1.165) is 48.6 Å². The number of hydrogen-bond acceptors (Lipinski definition) is 6. The van der Waals surface area contributed by atoms with E-state index in [1.54, 1.807) is 25.6 Å². The average Bonchev–Trinajstić information content (AvgIpc) is 2.99. The lowest BCUT2D eigenvalue weighted by molar-refractivity contribution is 0.0826. The van der Waals surface area contributed by atoms with Gasteiger partial charge < -0.3 is 14.2 Å². The molecule has 6 nitrogen and oxygen atoms in total. The van der Waals surface area contributed by atoms with E-state index in [0.29, 0.717) is 23.8 Å². The molecule has 0 fully saturated rings. The van der Waals surface area contributed by atoms with Crippen LogP contribution >= 0.6 is 0 Å². The van der Waals surface area contributed by atoms with Crippen LogP contribution in [0.5, 0.6) is 11.5 Å². The third-order valence-corrected chi connectivity index (χ3v) is 4.83. The van der Waals surface area contributed by atoms with Gasteiger partial charge in [0.1, 0.15) is 18.2 Å². The highest BCUT2D eigenvalue weighted by Gasteiger charge is 2.33. The molecule has 0 radical (unpaired) electrons. The Labute approximate surface area is 158 Å². The van der Waals surface area contributed by atoms with Crippen LogP contribution < -0.4 is 9.47 Å². The minimum atomic E-state index is -0.0933. The quantitative estimate of drug-likeness (QED) is 0.598. The molecule has 2 aromatic rings.